The fourth-order valence-electron chi connectivity index (χ4n) is 2.97. The van der Waals surface area contributed by atoms with E-state index in [1.54, 1.807) is 24.1 Å². The second kappa shape index (κ2) is 7.01. The zero-order valence-electron chi connectivity index (χ0n) is 14.6. The first kappa shape index (κ1) is 17.1. The molecule has 1 aliphatic rings. The van der Waals surface area contributed by atoms with Crippen LogP contribution in [0.2, 0.25) is 0 Å². The molecule has 2 aromatic heterocycles. The average Bonchev–Trinajstić information content (AvgIpc) is 3.02. The van der Waals surface area contributed by atoms with Crippen molar-refractivity contribution in [2.75, 3.05) is 38.1 Å². The number of amides is 3. The molecule has 25 heavy (non-hydrogen) atoms. The van der Waals surface area contributed by atoms with Crippen LogP contribution in [0, 0.1) is 0 Å². The van der Waals surface area contributed by atoms with Crippen LogP contribution in [-0.2, 0) is 11.8 Å². The molecule has 1 fully saturated rings. The van der Waals surface area contributed by atoms with Gasteiger partial charge in [-0.25, -0.2) is 14.8 Å². The van der Waals surface area contributed by atoms with Crippen LogP contribution in [0.1, 0.15) is 6.92 Å². The number of piperazine rings is 1. The number of aryl methyl sites for hydroxylation is 1. The van der Waals surface area contributed by atoms with Gasteiger partial charge in [-0.2, -0.15) is 5.10 Å². The highest BCUT2D eigenvalue weighted by Crippen LogP contribution is 2.23. The Kier molecular flexibility index (Phi) is 4.79. The predicted molar refractivity (Wildman–Crippen MR) is 92.2 cm³/mol. The summed E-state index contributed by atoms with van der Waals surface area (Å²) in [6.07, 6.45) is 3.32. The summed E-state index contributed by atoms with van der Waals surface area (Å²) in [6, 6.07) is -0.862. The Morgan fingerprint density at radius 1 is 1.20 bits per heavy atom. The quantitative estimate of drug-likeness (QED) is 0.759. The Balaban J connectivity index is 1.65. The molecule has 0 saturated carbocycles. The van der Waals surface area contributed by atoms with Gasteiger partial charge in [-0.15, -0.1) is 0 Å². The maximum Gasteiger partial charge on any atom is 0.321 e. The molecular formula is C15H22N8O2. The third-order valence-electron chi connectivity index (χ3n) is 4.51. The summed E-state index contributed by atoms with van der Waals surface area (Å²) in [7, 11) is 3.33. The first-order valence-corrected chi connectivity index (χ1v) is 8.15. The summed E-state index contributed by atoms with van der Waals surface area (Å²) in [5.41, 5.74) is 0.797. The number of nitrogens with zero attached hydrogens (tertiary/aromatic N) is 6. The van der Waals surface area contributed by atoms with Crippen LogP contribution in [0.5, 0.6) is 0 Å². The smallest absolute Gasteiger partial charge is 0.321 e. The zero-order chi connectivity index (χ0) is 18.0. The van der Waals surface area contributed by atoms with Crippen molar-refractivity contribution in [2.24, 2.45) is 7.05 Å². The molecule has 3 heterocycles. The molecule has 0 radical (unpaired) electrons. The third-order valence-corrected chi connectivity index (χ3v) is 4.51. The van der Waals surface area contributed by atoms with Crippen LogP contribution in [-0.4, -0.2) is 75.9 Å². The number of aromatic nitrogens is 4. The number of fused-ring (bicyclic) bond motifs is 1. The Morgan fingerprint density at radius 2 is 1.92 bits per heavy atom. The minimum atomic E-state index is -0.490. The summed E-state index contributed by atoms with van der Waals surface area (Å²) in [5.74, 6) is 0.560. The Bertz CT molecular complexity index is 781. The van der Waals surface area contributed by atoms with E-state index in [0.717, 1.165) is 29.9 Å². The second-order valence-corrected chi connectivity index (χ2v) is 5.97. The van der Waals surface area contributed by atoms with Gasteiger partial charge in [0.1, 0.15) is 12.1 Å². The summed E-state index contributed by atoms with van der Waals surface area (Å²) in [6.45, 7) is 4.68. The topological polar surface area (TPSA) is 108 Å². The Hall–Kier alpha value is -2.75. The number of carbonyl (C=O) groups is 2. The molecule has 2 aromatic rings. The fraction of sp³-hybridized carbons (Fsp3) is 0.533. The highest BCUT2D eigenvalue weighted by Gasteiger charge is 2.27. The van der Waals surface area contributed by atoms with Crippen molar-refractivity contribution in [3.8, 4) is 0 Å². The molecule has 10 nitrogen and oxygen atoms in total. The van der Waals surface area contributed by atoms with Gasteiger partial charge in [0.25, 0.3) is 0 Å². The van der Waals surface area contributed by atoms with E-state index >= 15 is 0 Å². The molecule has 1 saturated heterocycles. The lowest BCUT2D eigenvalue weighted by atomic mass is 10.2. The molecule has 0 aromatic carbocycles. The van der Waals surface area contributed by atoms with Crippen molar-refractivity contribution in [2.45, 2.75) is 13.0 Å². The predicted octanol–water partition coefficient (Wildman–Crippen LogP) is -0.671. The molecular weight excluding hydrogens is 324 g/mol. The molecule has 0 spiro atoms. The van der Waals surface area contributed by atoms with Gasteiger partial charge in [0.15, 0.2) is 5.65 Å². The number of hydrogen-bond acceptors (Lipinski definition) is 7. The van der Waals surface area contributed by atoms with E-state index in [0.29, 0.717) is 13.1 Å². The molecule has 3 amide bonds. The summed E-state index contributed by atoms with van der Waals surface area (Å²) in [4.78, 5) is 36.3. The fourth-order valence-corrected chi connectivity index (χ4v) is 2.97. The van der Waals surface area contributed by atoms with Crippen LogP contribution < -0.4 is 15.5 Å². The van der Waals surface area contributed by atoms with Gasteiger partial charge in [0.2, 0.25) is 5.91 Å². The van der Waals surface area contributed by atoms with Gasteiger partial charge in [-0.3, -0.25) is 19.7 Å². The van der Waals surface area contributed by atoms with E-state index in [-0.39, 0.29) is 11.9 Å². The monoisotopic (exact) mass is 346 g/mol. The molecule has 3 rings (SSSR count). The summed E-state index contributed by atoms with van der Waals surface area (Å²) < 4.78 is 1.72. The Labute approximate surface area is 145 Å². The van der Waals surface area contributed by atoms with Gasteiger partial charge in [0.05, 0.1) is 17.6 Å². The van der Waals surface area contributed by atoms with Gasteiger partial charge in [-0.05, 0) is 6.92 Å². The van der Waals surface area contributed by atoms with Crippen molar-refractivity contribution < 1.29 is 9.59 Å². The lowest BCUT2D eigenvalue weighted by Gasteiger charge is -2.37. The molecule has 1 aliphatic heterocycles. The first-order valence-electron chi connectivity index (χ1n) is 8.15. The molecule has 10 heteroatoms. The normalized spacial score (nSPS) is 16.7. The van der Waals surface area contributed by atoms with Crippen molar-refractivity contribution in [3.63, 3.8) is 0 Å². The van der Waals surface area contributed by atoms with Gasteiger partial charge < -0.3 is 10.2 Å². The van der Waals surface area contributed by atoms with E-state index in [9.17, 15) is 9.59 Å². The minimum absolute atomic E-state index is 0.301. The van der Waals surface area contributed by atoms with Crippen LogP contribution in [0.4, 0.5) is 10.6 Å². The number of carbonyl (C=O) groups excluding carboxylic acids is 2. The Morgan fingerprint density at radius 3 is 2.60 bits per heavy atom. The molecule has 0 unspecified atom stereocenters. The largest absolute Gasteiger partial charge is 0.353 e. The van der Waals surface area contributed by atoms with Gasteiger partial charge in [-0.1, -0.05) is 0 Å². The standard InChI is InChI=1S/C15H22N8O2/c1-10(14(24)20-15(25)16-2)22-4-6-23(7-5-22)13-11-8-19-21(3)12(11)17-9-18-13/h8-10H,4-7H2,1-3H3,(H2,16,20,24,25)/t10-/m0/s1. The molecule has 134 valence electrons. The van der Waals surface area contributed by atoms with Crippen LogP contribution in [0.15, 0.2) is 12.5 Å². The molecule has 2 N–H and O–H groups in total. The lowest BCUT2D eigenvalue weighted by molar-refractivity contribution is -0.124. The molecule has 0 bridgehead atoms. The third kappa shape index (κ3) is 3.38. The summed E-state index contributed by atoms with van der Waals surface area (Å²) in [5, 5.41) is 9.86. The van der Waals surface area contributed by atoms with Crippen molar-refractivity contribution in [3.05, 3.63) is 12.5 Å². The number of urea groups is 1. The SMILES string of the molecule is CNC(=O)NC(=O)[C@H](C)N1CCN(c2ncnc3c2cnn3C)CC1. The van der Waals surface area contributed by atoms with E-state index in [4.69, 9.17) is 0 Å². The van der Waals surface area contributed by atoms with E-state index in [1.807, 2.05) is 7.05 Å². The minimum Gasteiger partial charge on any atom is -0.353 e. The summed E-state index contributed by atoms with van der Waals surface area (Å²) >= 11 is 0. The zero-order valence-corrected chi connectivity index (χ0v) is 14.6. The van der Waals surface area contributed by atoms with E-state index in [1.165, 1.54) is 7.05 Å². The number of nitrogens with one attached hydrogen (secondary N) is 2. The maximum atomic E-state index is 12.1. The molecule has 0 aliphatic carbocycles. The van der Waals surface area contributed by atoms with Crippen LogP contribution in [0.3, 0.4) is 0 Å². The van der Waals surface area contributed by atoms with E-state index < -0.39 is 6.03 Å². The van der Waals surface area contributed by atoms with Crippen molar-refractivity contribution >= 4 is 28.8 Å². The highest BCUT2D eigenvalue weighted by molar-refractivity contribution is 5.96. The van der Waals surface area contributed by atoms with Gasteiger partial charge in [0, 0.05) is 40.3 Å². The number of rotatable bonds is 3. The van der Waals surface area contributed by atoms with Crippen LogP contribution in [0.25, 0.3) is 11.0 Å². The van der Waals surface area contributed by atoms with Crippen molar-refractivity contribution in [1.82, 2.24) is 35.3 Å². The second-order valence-electron chi connectivity index (χ2n) is 5.97. The first-order chi connectivity index (χ1) is 12.0. The number of hydrogen-bond donors (Lipinski definition) is 2. The van der Waals surface area contributed by atoms with E-state index in [2.05, 4.69) is 35.5 Å². The van der Waals surface area contributed by atoms with Crippen LogP contribution >= 0.6 is 0 Å². The average molecular weight is 346 g/mol. The maximum absolute atomic E-state index is 12.1. The van der Waals surface area contributed by atoms with Gasteiger partial charge >= 0.3 is 6.03 Å². The van der Waals surface area contributed by atoms with Crippen molar-refractivity contribution in [1.29, 1.82) is 0 Å². The number of anilines is 1. The molecule has 1 atom stereocenters. The lowest BCUT2D eigenvalue weighted by Crippen LogP contribution is -2.55. The number of imide groups is 1. The highest BCUT2D eigenvalue weighted by atomic mass is 16.2.